The van der Waals surface area contributed by atoms with E-state index < -0.39 is 0 Å². The van der Waals surface area contributed by atoms with Crippen LogP contribution in [0.5, 0.6) is 0 Å². The minimum atomic E-state index is 0.397. The van der Waals surface area contributed by atoms with Gasteiger partial charge in [-0.2, -0.15) is 0 Å². The highest BCUT2D eigenvalue weighted by Gasteiger charge is 2.33. The zero-order valence-corrected chi connectivity index (χ0v) is 12.2. The van der Waals surface area contributed by atoms with Crippen LogP contribution < -0.4 is 0 Å². The summed E-state index contributed by atoms with van der Waals surface area (Å²) in [4.78, 5) is 0. The van der Waals surface area contributed by atoms with Gasteiger partial charge in [0.2, 0.25) is 0 Å². The molecule has 2 rings (SSSR count). The Morgan fingerprint density at radius 2 is 1.88 bits per heavy atom. The molecule has 1 aromatic carbocycles. The molecule has 3 heteroatoms. The lowest BCUT2D eigenvalue weighted by Crippen LogP contribution is -2.21. The molecule has 1 saturated carbocycles. The highest BCUT2D eigenvalue weighted by Crippen LogP contribution is 2.43. The third kappa shape index (κ3) is 2.75. The van der Waals surface area contributed by atoms with Crippen LogP contribution in [0.4, 0.5) is 0 Å². The molecule has 16 heavy (non-hydrogen) atoms. The first-order chi connectivity index (χ1) is 7.65. The van der Waals surface area contributed by atoms with Gasteiger partial charge in [0.15, 0.2) is 0 Å². The quantitative estimate of drug-likeness (QED) is 0.646. The number of halogens is 3. The molecular formula is C13H15BrCl2. The van der Waals surface area contributed by atoms with Crippen molar-refractivity contribution in [2.24, 2.45) is 5.41 Å². The highest BCUT2D eigenvalue weighted by molar-refractivity contribution is 9.09. The predicted molar refractivity (Wildman–Crippen MR) is 74.9 cm³/mol. The molecule has 0 nitrogen and oxygen atoms in total. The van der Waals surface area contributed by atoms with Gasteiger partial charge in [0.1, 0.15) is 0 Å². The molecule has 1 aliphatic rings. The molecule has 0 spiro atoms. The maximum Gasteiger partial charge on any atom is 0.0439 e. The molecule has 0 radical (unpaired) electrons. The molecule has 1 aromatic rings. The molecule has 1 aliphatic carbocycles. The van der Waals surface area contributed by atoms with Gasteiger partial charge < -0.3 is 0 Å². The predicted octanol–water partition coefficient (Wildman–Crippen LogP) is 5.49. The highest BCUT2D eigenvalue weighted by atomic mass is 79.9. The number of hydrogen-bond donors (Lipinski definition) is 0. The first kappa shape index (κ1) is 12.7. The van der Waals surface area contributed by atoms with E-state index in [9.17, 15) is 0 Å². The Hall–Kier alpha value is 0.280. The van der Waals surface area contributed by atoms with Crippen molar-refractivity contribution >= 4 is 39.1 Å². The Labute approximate surface area is 115 Å². The first-order valence-corrected chi connectivity index (χ1v) is 7.53. The van der Waals surface area contributed by atoms with Gasteiger partial charge >= 0.3 is 0 Å². The molecule has 0 aromatic heterocycles. The minimum Gasteiger partial charge on any atom is -0.0922 e. The van der Waals surface area contributed by atoms with Gasteiger partial charge in [-0.15, -0.1) is 0 Å². The van der Waals surface area contributed by atoms with Crippen molar-refractivity contribution in [1.29, 1.82) is 0 Å². The summed E-state index contributed by atoms with van der Waals surface area (Å²) in [7, 11) is 0. The van der Waals surface area contributed by atoms with Crippen LogP contribution in [0.1, 0.15) is 31.2 Å². The van der Waals surface area contributed by atoms with Crippen LogP contribution in [0.3, 0.4) is 0 Å². The summed E-state index contributed by atoms with van der Waals surface area (Å²) in [6.07, 6.45) is 6.30. The number of hydrogen-bond acceptors (Lipinski definition) is 0. The zero-order chi connectivity index (χ0) is 11.6. The second-order valence-corrected chi connectivity index (χ2v) is 6.16. The molecule has 0 amide bonds. The summed E-state index contributed by atoms with van der Waals surface area (Å²) in [5.74, 6) is 0. The van der Waals surface area contributed by atoms with Gasteiger partial charge in [-0.3, -0.25) is 0 Å². The monoisotopic (exact) mass is 320 g/mol. The Morgan fingerprint density at radius 1 is 1.19 bits per heavy atom. The molecule has 0 atom stereocenters. The van der Waals surface area contributed by atoms with Crippen molar-refractivity contribution in [3.05, 3.63) is 33.8 Å². The fraction of sp³-hybridized carbons (Fsp3) is 0.538. The largest absolute Gasteiger partial charge is 0.0922 e. The van der Waals surface area contributed by atoms with E-state index in [2.05, 4.69) is 15.9 Å². The Morgan fingerprint density at radius 3 is 2.50 bits per heavy atom. The molecule has 1 fully saturated rings. The standard InChI is InChI=1S/C13H15BrCl2/c14-9-13(5-1-2-6-13)8-10-7-11(15)3-4-12(10)16/h3-4,7H,1-2,5-6,8-9H2. The average Bonchev–Trinajstić information content (AvgIpc) is 2.73. The minimum absolute atomic E-state index is 0.397. The van der Waals surface area contributed by atoms with Crippen molar-refractivity contribution < 1.29 is 0 Å². The van der Waals surface area contributed by atoms with Gasteiger partial charge in [0.25, 0.3) is 0 Å². The Kier molecular flexibility index (Phi) is 4.21. The van der Waals surface area contributed by atoms with Crippen molar-refractivity contribution in [3.63, 3.8) is 0 Å². The van der Waals surface area contributed by atoms with E-state index in [0.717, 1.165) is 21.8 Å². The molecular weight excluding hydrogens is 307 g/mol. The zero-order valence-electron chi connectivity index (χ0n) is 9.11. The third-order valence-corrected chi connectivity index (χ3v) is 5.31. The first-order valence-electron chi connectivity index (χ1n) is 5.65. The lowest BCUT2D eigenvalue weighted by Gasteiger charge is -2.27. The molecule has 0 saturated heterocycles. The smallest absolute Gasteiger partial charge is 0.0439 e. The second kappa shape index (κ2) is 5.29. The fourth-order valence-corrected chi connectivity index (χ4v) is 3.70. The van der Waals surface area contributed by atoms with Gasteiger partial charge in [0, 0.05) is 15.4 Å². The van der Waals surface area contributed by atoms with E-state index >= 15 is 0 Å². The summed E-state index contributed by atoms with van der Waals surface area (Å²) in [5, 5.41) is 2.68. The fourth-order valence-electron chi connectivity index (χ4n) is 2.57. The Bertz CT molecular complexity index is 370. The maximum atomic E-state index is 6.22. The summed E-state index contributed by atoms with van der Waals surface area (Å²) in [6, 6.07) is 5.76. The molecule has 0 unspecified atom stereocenters. The average molecular weight is 322 g/mol. The van der Waals surface area contributed by atoms with Crippen LogP contribution in [0, 0.1) is 5.41 Å². The van der Waals surface area contributed by atoms with Gasteiger partial charge in [-0.1, -0.05) is 52.0 Å². The lowest BCUT2D eigenvalue weighted by atomic mass is 9.82. The van der Waals surface area contributed by atoms with E-state index in [1.807, 2.05) is 18.2 Å². The maximum absolute atomic E-state index is 6.22. The molecule has 0 bridgehead atoms. The van der Waals surface area contributed by atoms with Crippen LogP contribution in [-0.4, -0.2) is 5.33 Å². The molecule has 0 aliphatic heterocycles. The summed E-state index contributed by atoms with van der Waals surface area (Å²) in [6.45, 7) is 0. The van der Waals surface area contributed by atoms with E-state index in [-0.39, 0.29) is 0 Å². The topological polar surface area (TPSA) is 0 Å². The van der Waals surface area contributed by atoms with Crippen molar-refractivity contribution in [3.8, 4) is 0 Å². The molecule has 0 N–H and O–H groups in total. The van der Waals surface area contributed by atoms with E-state index in [1.54, 1.807) is 0 Å². The van der Waals surface area contributed by atoms with Gasteiger partial charge in [0.05, 0.1) is 0 Å². The number of rotatable bonds is 3. The van der Waals surface area contributed by atoms with Crippen LogP contribution in [-0.2, 0) is 6.42 Å². The van der Waals surface area contributed by atoms with Crippen molar-refractivity contribution in [1.82, 2.24) is 0 Å². The third-order valence-electron chi connectivity index (χ3n) is 3.52. The van der Waals surface area contributed by atoms with E-state index in [0.29, 0.717) is 5.41 Å². The SMILES string of the molecule is Clc1ccc(Cl)c(CC2(CBr)CCCC2)c1. The van der Waals surface area contributed by atoms with Crippen molar-refractivity contribution in [2.45, 2.75) is 32.1 Å². The van der Waals surface area contributed by atoms with E-state index in [1.165, 1.54) is 31.2 Å². The summed E-state index contributed by atoms with van der Waals surface area (Å²) in [5.41, 5.74) is 1.59. The Balaban J connectivity index is 2.21. The lowest BCUT2D eigenvalue weighted by molar-refractivity contribution is 0.347. The van der Waals surface area contributed by atoms with Crippen LogP contribution in [0.15, 0.2) is 18.2 Å². The second-order valence-electron chi connectivity index (χ2n) is 4.75. The van der Waals surface area contributed by atoms with Crippen LogP contribution in [0.2, 0.25) is 10.0 Å². The summed E-state index contributed by atoms with van der Waals surface area (Å²) < 4.78 is 0. The van der Waals surface area contributed by atoms with E-state index in [4.69, 9.17) is 23.2 Å². The van der Waals surface area contributed by atoms with Crippen molar-refractivity contribution in [2.75, 3.05) is 5.33 Å². The molecule has 88 valence electrons. The molecule has 0 heterocycles. The van der Waals surface area contributed by atoms with Crippen LogP contribution in [0.25, 0.3) is 0 Å². The summed E-state index contributed by atoms with van der Waals surface area (Å²) >= 11 is 15.9. The van der Waals surface area contributed by atoms with Crippen LogP contribution >= 0.6 is 39.1 Å². The van der Waals surface area contributed by atoms with Gasteiger partial charge in [-0.05, 0) is 48.4 Å². The normalized spacial score (nSPS) is 18.9. The van der Waals surface area contributed by atoms with Gasteiger partial charge in [-0.25, -0.2) is 0 Å². The number of alkyl halides is 1. The number of benzene rings is 1.